The number of hydrogen-bond acceptors (Lipinski definition) is 2. The van der Waals surface area contributed by atoms with E-state index >= 15 is 0 Å². The van der Waals surface area contributed by atoms with E-state index in [0.717, 1.165) is 25.7 Å². The highest BCUT2D eigenvalue weighted by atomic mass is 32.2. The smallest absolute Gasteiger partial charge is 0.357 e. The first-order valence-electron chi connectivity index (χ1n) is 3.27. The Morgan fingerprint density at radius 3 is 2.90 bits per heavy atom. The summed E-state index contributed by atoms with van der Waals surface area (Å²) in [6, 6.07) is 0. The highest BCUT2D eigenvalue weighted by Gasteiger charge is 2.06. The van der Waals surface area contributed by atoms with Gasteiger partial charge in [0, 0.05) is 6.42 Å². The third-order valence-electron chi connectivity index (χ3n) is 1.43. The minimum atomic E-state index is -2.13. The molecule has 10 heavy (non-hydrogen) atoms. The highest BCUT2D eigenvalue weighted by molar-refractivity contribution is 7.74. The standard InChI is InChI=1S/C6H10O3S/c7-10(8)9-6-4-2-1-3-5-6/h4H,1-3,5H2,(H,7,8). The molecule has 58 valence electrons. The first-order valence-corrected chi connectivity index (χ1v) is 4.30. The maximum Gasteiger partial charge on any atom is 0.357 e. The molecule has 0 aromatic rings. The van der Waals surface area contributed by atoms with E-state index in [0.29, 0.717) is 5.76 Å². The van der Waals surface area contributed by atoms with Crippen LogP contribution in [0.1, 0.15) is 25.7 Å². The fourth-order valence-corrected chi connectivity index (χ4v) is 1.31. The summed E-state index contributed by atoms with van der Waals surface area (Å²) in [5.41, 5.74) is 0. The summed E-state index contributed by atoms with van der Waals surface area (Å²) < 4.78 is 23.0. The molecule has 0 radical (unpaired) electrons. The van der Waals surface area contributed by atoms with Gasteiger partial charge >= 0.3 is 11.4 Å². The van der Waals surface area contributed by atoms with Crippen molar-refractivity contribution in [2.45, 2.75) is 25.7 Å². The van der Waals surface area contributed by atoms with Crippen LogP contribution in [0.5, 0.6) is 0 Å². The van der Waals surface area contributed by atoms with Crippen LogP contribution in [0.4, 0.5) is 0 Å². The molecule has 1 atom stereocenters. The maximum atomic E-state index is 10.1. The molecule has 0 aromatic heterocycles. The Morgan fingerprint density at radius 1 is 1.60 bits per heavy atom. The Labute approximate surface area is 62.6 Å². The molecule has 1 aliphatic carbocycles. The molecule has 0 fully saturated rings. The Hall–Kier alpha value is -0.350. The van der Waals surface area contributed by atoms with Crippen LogP contribution in [0.15, 0.2) is 11.8 Å². The van der Waals surface area contributed by atoms with Gasteiger partial charge in [-0.05, 0) is 25.3 Å². The lowest BCUT2D eigenvalue weighted by Crippen LogP contribution is -1.99. The molecule has 0 saturated carbocycles. The van der Waals surface area contributed by atoms with Crippen LogP contribution in [-0.4, -0.2) is 8.76 Å². The van der Waals surface area contributed by atoms with E-state index in [2.05, 4.69) is 4.18 Å². The van der Waals surface area contributed by atoms with Crippen molar-refractivity contribution in [3.63, 3.8) is 0 Å². The van der Waals surface area contributed by atoms with Gasteiger partial charge in [0.25, 0.3) is 0 Å². The van der Waals surface area contributed by atoms with Gasteiger partial charge in [0.15, 0.2) is 0 Å². The first-order chi connectivity index (χ1) is 4.79. The second-order valence-corrected chi connectivity index (χ2v) is 2.82. The molecule has 0 aromatic carbocycles. The molecule has 1 aliphatic rings. The monoisotopic (exact) mass is 162 g/mol. The molecule has 3 nitrogen and oxygen atoms in total. The molecule has 0 amide bonds. The van der Waals surface area contributed by atoms with Crippen molar-refractivity contribution in [1.29, 1.82) is 0 Å². The molecule has 1 rings (SSSR count). The van der Waals surface area contributed by atoms with E-state index in [1.54, 1.807) is 0 Å². The predicted octanol–water partition coefficient (Wildman–Crippen LogP) is 1.60. The molecular weight excluding hydrogens is 152 g/mol. The molecule has 1 unspecified atom stereocenters. The van der Waals surface area contributed by atoms with E-state index < -0.39 is 11.4 Å². The minimum absolute atomic E-state index is 0.659. The van der Waals surface area contributed by atoms with Gasteiger partial charge in [-0.1, -0.05) is 0 Å². The maximum absolute atomic E-state index is 10.1. The third kappa shape index (κ3) is 2.49. The van der Waals surface area contributed by atoms with Crippen molar-refractivity contribution < 1.29 is 12.9 Å². The van der Waals surface area contributed by atoms with Crippen LogP contribution < -0.4 is 0 Å². The second kappa shape index (κ2) is 3.73. The summed E-state index contributed by atoms with van der Waals surface area (Å²) in [5.74, 6) is 0.659. The minimum Gasteiger partial charge on any atom is -0.385 e. The van der Waals surface area contributed by atoms with Gasteiger partial charge in [-0.25, -0.2) is 0 Å². The van der Waals surface area contributed by atoms with Crippen LogP contribution in [0.3, 0.4) is 0 Å². The highest BCUT2D eigenvalue weighted by Crippen LogP contribution is 2.18. The van der Waals surface area contributed by atoms with Crippen LogP contribution in [0.25, 0.3) is 0 Å². The van der Waals surface area contributed by atoms with Gasteiger partial charge in [-0.2, -0.15) is 4.21 Å². The van der Waals surface area contributed by atoms with E-state index in [1.165, 1.54) is 0 Å². The van der Waals surface area contributed by atoms with E-state index in [9.17, 15) is 4.21 Å². The fourth-order valence-electron chi connectivity index (χ4n) is 0.976. The van der Waals surface area contributed by atoms with Crippen LogP contribution in [0.2, 0.25) is 0 Å². The summed E-state index contributed by atoms with van der Waals surface area (Å²) in [5, 5.41) is 0. The predicted molar refractivity (Wildman–Crippen MR) is 38.4 cm³/mol. The van der Waals surface area contributed by atoms with E-state index in [1.807, 2.05) is 6.08 Å². The van der Waals surface area contributed by atoms with Crippen molar-refractivity contribution in [1.82, 2.24) is 0 Å². The zero-order valence-corrected chi connectivity index (χ0v) is 6.39. The van der Waals surface area contributed by atoms with Gasteiger partial charge in [-0.3, -0.25) is 4.55 Å². The molecular formula is C6H10O3S. The zero-order valence-electron chi connectivity index (χ0n) is 5.58. The largest absolute Gasteiger partial charge is 0.385 e. The third-order valence-corrected chi connectivity index (χ3v) is 1.78. The Kier molecular flexibility index (Phi) is 2.89. The molecule has 0 bridgehead atoms. The summed E-state index contributed by atoms with van der Waals surface area (Å²) in [6.45, 7) is 0. The number of allylic oxidation sites excluding steroid dienone is 2. The van der Waals surface area contributed by atoms with Gasteiger partial charge in [0.05, 0.1) is 0 Å². The van der Waals surface area contributed by atoms with E-state index in [4.69, 9.17) is 4.55 Å². The molecule has 1 N–H and O–H groups in total. The van der Waals surface area contributed by atoms with Gasteiger partial charge in [0.2, 0.25) is 0 Å². The lowest BCUT2D eigenvalue weighted by Gasteiger charge is -2.09. The molecule has 0 saturated heterocycles. The van der Waals surface area contributed by atoms with E-state index in [-0.39, 0.29) is 0 Å². The van der Waals surface area contributed by atoms with Crippen LogP contribution >= 0.6 is 0 Å². The summed E-state index contributed by atoms with van der Waals surface area (Å²) in [6.07, 6.45) is 5.85. The second-order valence-electron chi connectivity index (χ2n) is 2.22. The van der Waals surface area contributed by atoms with Gasteiger partial charge in [0.1, 0.15) is 5.76 Å². The van der Waals surface area contributed by atoms with Crippen molar-refractivity contribution in [3.05, 3.63) is 11.8 Å². The number of hydrogen-bond donors (Lipinski definition) is 1. The van der Waals surface area contributed by atoms with Crippen molar-refractivity contribution in [2.75, 3.05) is 0 Å². The Bertz CT molecular complexity index is 164. The lowest BCUT2D eigenvalue weighted by atomic mass is 10.1. The molecule has 0 heterocycles. The van der Waals surface area contributed by atoms with Crippen LogP contribution in [-0.2, 0) is 15.5 Å². The SMILES string of the molecule is O=S(O)OC1=CCCCC1. The fraction of sp³-hybridized carbons (Fsp3) is 0.667. The Balaban J connectivity index is 2.38. The normalized spacial score (nSPS) is 21.5. The lowest BCUT2D eigenvalue weighted by molar-refractivity contribution is 0.361. The van der Waals surface area contributed by atoms with Gasteiger partial charge in [-0.15, -0.1) is 0 Å². The average Bonchev–Trinajstić information content (AvgIpc) is 1.88. The molecule has 4 heteroatoms. The van der Waals surface area contributed by atoms with Crippen LogP contribution in [0, 0.1) is 0 Å². The Morgan fingerprint density at radius 2 is 2.40 bits per heavy atom. The van der Waals surface area contributed by atoms with Gasteiger partial charge < -0.3 is 4.18 Å². The number of rotatable bonds is 2. The van der Waals surface area contributed by atoms with Crippen molar-refractivity contribution >= 4 is 11.4 Å². The molecule has 0 spiro atoms. The topological polar surface area (TPSA) is 46.5 Å². The van der Waals surface area contributed by atoms with Crippen molar-refractivity contribution in [3.8, 4) is 0 Å². The molecule has 0 aliphatic heterocycles. The quantitative estimate of drug-likeness (QED) is 0.627. The first kappa shape index (κ1) is 7.75. The summed E-state index contributed by atoms with van der Waals surface area (Å²) in [7, 11) is 0. The zero-order chi connectivity index (χ0) is 7.40. The summed E-state index contributed by atoms with van der Waals surface area (Å²) in [4.78, 5) is 0. The average molecular weight is 162 g/mol. The van der Waals surface area contributed by atoms with Crippen molar-refractivity contribution in [2.24, 2.45) is 0 Å². The summed E-state index contributed by atoms with van der Waals surface area (Å²) >= 11 is -2.13.